The summed E-state index contributed by atoms with van der Waals surface area (Å²) >= 11 is 0. The van der Waals surface area contributed by atoms with Gasteiger partial charge in [0.25, 0.3) is 0 Å². The number of aromatic nitrogens is 1. The van der Waals surface area contributed by atoms with Crippen LogP contribution in [0.2, 0.25) is 0 Å². The van der Waals surface area contributed by atoms with E-state index in [1.807, 2.05) is 0 Å². The third-order valence-corrected chi connectivity index (χ3v) is 14.1. The molecule has 0 saturated carbocycles. The highest BCUT2D eigenvalue weighted by molar-refractivity contribution is 6.14. The molecule has 314 valence electrons. The Morgan fingerprint density at radius 3 is 1.64 bits per heavy atom. The Morgan fingerprint density at radius 1 is 0.328 bits per heavy atom. The van der Waals surface area contributed by atoms with Crippen LogP contribution >= 0.6 is 0 Å². The summed E-state index contributed by atoms with van der Waals surface area (Å²) in [5.74, 6) is 0. The second kappa shape index (κ2) is 15.8. The van der Waals surface area contributed by atoms with Gasteiger partial charge < -0.3 is 9.47 Å². The highest BCUT2D eigenvalue weighted by atomic mass is 15.2. The van der Waals surface area contributed by atoms with E-state index < -0.39 is 5.41 Å². The largest absolute Gasteiger partial charge is 0.308 e. The standard InChI is InChI=1S/C65H44N2/c1-4-17-45(18-5-1)47-33-37-53(38-34-47)66(55-41-42-57-56-25-12-14-28-60(56)65(61(57)44-55,51-21-6-2-7-22-51)52-23-8-3-9-24-52)63-30-16-27-59-58-26-13-15-29-62(58)67(64(59)63)54-39-35-48(36-40-54)50-32-31-46-19-10-11-20-49(46)43-50/h1-44H. The van der Waals surface area contributed by atoms with Crippen molar-refractivity contribution in [2.75, 3.05) is 4.90 Å². The molecule has 0 saturated heterocycles. The number of hydrogen-bond donors (Lipinski definition) is 0. The summed E-state index contributed by atoms with van der Waals surface area (Å²) in [6.07, 6.45) is 0. The quantitative estimate of drug-likeness (QED) is 0.148. The zero-order chi connectivity index (χ0) is 44.3. The molecule has 0 spiro atoms. The summed E-state index contributed by atoms with van der Waals surface area (Å²) in [6, 6.07) is 98.2. The first-order valence-electron chi connectivity index (χ1n) is 23.2. The third kappa shape index (κ3) is 6.18. The molecule has 0 radical (unpaired) electrons. The van der Waals surface area contributed by atoms with Gasteiger partial charge in [0.15, 0.2) is 0 Å². The minimum atomic E-state index is -0.541. The molecule has 1 aliphatic rings. The lowest BCUT2D eigenvalue weighted by atomic mass is 9.67. The van der Waals surface area contributed by atoms with E-state index in [-0.39, 0.29) is 0 Å². The van der Waals surface area contributed by atoms with E-state index in [1.165, 1.54) is 82.7 Å². The lowest BCUT2D eigenvalue weighted by Crippen LogP contribution is -2.28. The van der Waals surface area contributed by atoms with Crippen LogP contribution in [0.4, 0.5) is 17.1 Å². The van der Waals surface area contributed by atoms with Crippen molar-refractivity contribution in [2.45, 2.75) is 5.41 Å². The second-order valence-corrected chi connectivity index (χ2v) is 17.6. The molecular weight excluding hydrogens is 809 g/mol. The Bertz CT molecular complexity index is 3740. The average molecular weight is 853 g/mol. The maximum absolute atomic E-state index is 2.49. The van der Waals surface area contributed by atoms with Gasteiger partial charge in [0.05, 0.1) is 22.1 Å². The topological polar surface area (TPSA) is 8.17 Å². The Labute approximate surface area is 390 Å². The van der Waals surface area contributed by atoms with Gasteiger partial charge in [-0.25, -0.2) is 0 Å². The van der Waals surface area contributed by atoms with Crippen molar-refractivity contribution in [3.8, 4) is 39.1 Å². The van der Waals surface area contributed by atoms with Gasteiger partial charge in [-0.15, -0.1) is 0 Å². The molecule has 1 aromatic heterocycles. The van der Waals surface area contributed by atoms with Crippen LogP contribution < -0.4 is 4.90 Å². The van der Waals surface area contributed by atoms with Gasteiger partial charge in [0, 0.05) is 27.8 Å². The van der Waals surface area contributed by atoms with Crippen LogP contribution in [0, 0.1) is 0 Å². The molecule has 0 unspecified atom stereocenters. The normalized spacial score (nSPS) is 12.6. The number of rotatable bonds is 8. The minimum absolute atomic E-state index is 0.541. The molecule has 1 aliphatic carbocycles. The summed E-state index contributed by atoms with van der Waals surface area (Å²) < 4.78 is 2.47. The number of anilines is 3. The Morgan fingerprint density at radius 2 is 0.881 bits per heavy atom. The molecule has 0 bridgehead atoms. The Hall–Kier alpha value is -8.72. The summed E-state index contributed by atoms with van der Waals surface area (Å²) in [6.45, 7) is 0. The highest BCUT2D eigenvalue weighted by Gasteiger charge is 2.46. The summed E-state index contributed by atoms with van der Waals surface area (Å²) in [5.41, 5.74) is 18.5. The first-order chi connectivity index (χ1) is 33.2. The van der Waals surface area contributed by atoms with Crippen molar-refractivity contribution in [3.63, 3.8) is 0 Å². The third-order valence-electron chi connectivity index (χ3n) is 14.1. The Balaban J connectivity index is 1.06. The Kier molecular flexibility index (Phi) is 9.11. The van der Waals surface area contributed by atoms with Gasteiger partial charge in [-0.1, -0.05) is 212 Å². The number of para-hydroxylation sites is 2. The predicted octanol–water partition coefficient (Wildman–Crippen LogP) is 17.1. The fourth-order valence-electron chi connectivity index (χ4n) is 11.1. The van der Waals surface area contributed by atoms with Crippen molar-refractivity contribution in [3.05, 3.63) is 289 Å². The number of nitrogens with zero attached hydrogens (tertiary/aromatic N) is 2. The van der Waals surface area contributed by atoms with E-state index in [9.17, 15) is 0 Å². The second-order valence-electron chi connectivity index (χ2n) is 17.6. The van der Waals surface area contributed by atoms with E-state index in [1.54, 1.807) is 0 Å². The van der Waals surface area contributed by atoms with E-state index >= 15 is 0 Å². The number of hydrogen-bond acceptors (Lipinski definition) is 1. The molecule has 0 N–H and O–H groups in total. The van der Waals surface area contributed by atoms with Gasteiger partial charge in [-0.2, -0.15) is 0 Å². The van der Waals surface area contributed by atoms with Crippen LogP contribution in [0.5, 0.6) is 0 Å². The van der Waals surface area contributed by atoms with Gasteiger partial charge in [0.1, 0.15) is 0 Å². The van der Waals surface area contributed by atoms with Crippen LogP contribution in [-0.4, -0.2) is 4.57 Å². The lowest BCUT2D eigenvalue weighted by molar-refractivity contribution is 0.768. The zero-order valence-electron chi connectivity index (χ0n) is 36.8. The molecule has 12 aromatic rings. The van der Waals surface area contributed by atoms with E-state index in [0.717, 1.165) is 28.3 Å². The number of benzene rings is 11. The van der Waals surface area contributed by atoms with Crippen molar-refractivity contribution in [2.24, 2.45) is 0 Å². The van der Waals surface area contributed by atoms with Crippen molar-refractivity contribution >= 4 is 49.6 Å². The molecule has 0 amide bonds. The lowest BCUT2D eigenvalue weighted by Gasteiger charge is -2.35. The van der Waals surface area contributed by atoms with Gasteiger partial charge in [0.2, 0.25) is 0 Å². The first kappa shape index (κ1) is 38.7. The molecule has 0 atom stereocenters. The monoisotopic (exact) mass is 852 g/mol. The molecule has 11 aromatic carbocycles. The summed E-state index contributed by atoms with van der Waals surface area (Å²) in [5, 5.41) is 4.91. The predicted molar refractivity (Wildman–Crippen MR) is 281 cm³/mol. The molecule has 0 fully saturated rings. The molecule has 0 aliphatic heterocycles. The fraction of sp³-hybridized carbons (Fsp3) is 0.0154. The van der Waals surface area contributed by atoms with Crippen LogP contribution in [0.15, 0.2) is 267 Å². The molecule has 2 nitrogen and oxygen atoms in total. The molecule has 2 heteroatoms. The SMILES string of the molecule is c1ccc(-c2ccc(N(c3ccc4c(c3)C(c3ccccc3)(c3ccccc3)c3ccccc3-4)c3cccc4c5ccccc5n(-c5ccc(-c6ccc7ccccc7c6)cc5)c34)cc2)cc1. The molecule has 1 heterocycles. The minimum Gasteiger partial charge on any atom is -0.308 e. The summed E-state index contributed by atoms with van der Waals surface area (Å²) in [7, 11) is 0. The van der Waals surface area contributed by atoms with Crippen molar-refractivity contribution in [1.82, 2.24) is 4.57 Å². The van der Waals surface area contributed by atoms with Crippen LogP contribution in [-0.2, 0) is 5.41 Å². The highest BCUT2D eigenvalue weighted by Crippen LogP contribution is 2.57. The van der Waals surface area contributed by atoms with Gasteiger partial charge in [-0.3, -0.25) is 0 Å². The molecular formula is C65H44N2. The first-order valence-corrected chi connectivity index (χ1v) is 23.2. The van der Waals surface area contributed by atoms with Gasteiger partial charge >= 0.3 is 0 Å². The van der Waals surface area contributed by atoms with Crippen molar-refractivity contribution in [1.29, 1.82) is 0 Å². The fourth-order valence-corrected chi connectivity index (χ4v) is 11.1. The molecule has 67 heavy (non-hydrogen) atoms. The van der Waals surface area contributed by atoms with E-state index in [4.69, 9.17) is 0 Å². The smallest absolute Gasteiger partial charge is 0.0782 e. The van der Waals surface area contributed by atoms with Gasteiger partial charge in [-0.05, 0) is 121 Å². The zero-order valence-corrected chi connectivity index (χ0v) is 36.8. The van der Waals surface area contributed by atoms with Crippen molar-refractivity contribution < 1.29 is 0 Å². The maximum Gasteiger partial charge on any atom is 0.0782 e. The van der Waals surface area contributed by atoms with E-state index in [0.29, 0.717) is 0 Å². The summed E-state index contributed by atoms with van der Waals surface area (Å²) in [4.78, 5) is 2.49. The van der Waals surface area contributed by atoms with Crippen LogP contribution in [0.3, 0.4) is 0 Å². The average Bonchev–Trinajstić information content (AvgIpc) is 3.91. The molecule has 13 rings (SSSR count). The van der Waals surface area contributed by atoms with E-state index in [2.05, 4.69) is 276 Å². The maximum atomic E-state index is 2.49. The van der Waals surface area contributed by atoms with Crippen LogP contribution in [0.1, 0.15) is 22.3 Å². The number of fused-ring (bicyclic) bond motifs is 7. The van der Waals surface area contributed by atoms with Crippen LogP contribution in [0.25, 0.3) is 71.6 Å².